The summed E-state index contributed by atoms with van der Waals surface area (Å²) in [7, 11) is 1.71. The number of rotatable bonds is 5. The van der Waals surface area contributed by atoms with Crippen LogP contribution in [0.25, 0.3) is 0 Å². The van der Waals surface area contributed by atoms with Crippen LogP contribution in [0.4, 0.5) is 10.1 Å². The van der Waals surface area contributed by atoms with Gasteiger partial charge in [0.05, 0.1) is 0 Å². The lowest BCUT2D eigenvalue weighted by molar-refractivity contribution is -0.119. The highest BCUT2D eigenvalue weighted by Crippen LogP contribution is 2.21. The number of hydrogen-bond acceptors (Lipinski definition) is 2. The Hall–Kier alpha value is -2.89. The first-order valence-electron chi connectivity index (χ1n) is 9.24. The first kappa shape index (κ1) is 18.9. The molecule has 1 saturated heterocycles. The molecule has 1 fully saturated rings. The van der Waals surface area contributed by atoms with Crippen LogP contribution in [-0.4, -0.2) is 25.5 Å². The smallest absolute Gasteiger partial charge is 0.226 e. The van der Waals surface area contributed by atoms with Gasteiger partial charge in [0.15, 0.2) is 5.96 Å². The van der Waals surface area contributed by atoms with Crippen molar-refractivity contribution in [3.8, 4) is 0 Å². The number of halogens is 1. The molecular weight excluding hydrogens is 343 g/mol. The van der Waals surface area contributed by atoms with Gasteiger partial charge in [-0.25, -0.2) is 4.39 Å². The van der Waals surface area contributed by atoms with Crippen molar-refractivity contribution < 1.29 is 9.18 Å². The molecule has 27 heavy (non-hydrogen) atoms. The second-order valence-electron chi connectivity index (χ2n) is 6.57. The van der Waals surface area contributed by atoms with Crippen molar-refractivity contribution >= 4 is 17.6 Å². The van der Waals surface area contributed by atoms with Crippen LogP contribution >= 0.6 is 0 Å². The number of nitrogens with one attached hydrogen (secondary N) is 2. The summed E-state index contributed by atoms with van der Waals surface area (Å²) in [5.41, 5.74) is 3.05. The Morgan fingerprint density at radius 1 is 1.00 bits per heavy atom. The number of carbonyl (C=O) groups is 1. The van der Waals surface area contributed by atoms with Gasteiger partial charge in [0, 0.05) is 38.8 Å². The minimum atomic E-state index is -0.240. The monoisotopic (exact) mass is 368 g/mol. The first-order chi connectivity index (χ1) is 13.2. The predicted molar refractivity (Wildman–Crippen MR) is 106 cm³/mol. The zero-order chi connectivity index (χ0) is 19.1. The molecular formula is C21H25FN4O. The van der Waals surface area contributed by atoms with Crippen LogP contribution in [0.3, 0.4) is 0 Å². The van der Waals surface area contributed by atoms with Gasteiger partial charge < -0.3 is 15.5 Å². The lowest BCUT2D eigenvalue weighted by Crippen LogP contribution is -2.36. The van der Waals surface area contributed by atoms with Crippen molar-refractivity contribution in [1.29, 1.82) is 0 Å². The first-order valence-corrected chi connectivity index (χ1v) is 9.24. The molecule has 1 aliphatic heterocycles. The number of amides is 1. The maximum atomic E-state index is 13.0. The number of benzene rings is 2. The summed E-state index contributed by atoms with van der Waals surface area (Å²) in [6.45, 7) is 1.99. The van der Waals surface area contributed by atoms with Crippen LogP contribution in [0, 0.1) is 5.82 Å². The van der Waals surface area contributed by atoms with E-state index in [1.54, 1.807) is 19.2 Å². The van der Waals surface area contributed by atoms with Crippen molar-refractivity contribution in [3.05, 3.63) is 65.5 Å². The summed E-state index contributed by atoms with van der Waals surface area (Å²) in [6, 6.07) is 14.4. The van der Waals surface area contributed by atoms with Gasteiger partial charge in [0.25, 0.3) is 0 Å². The van der Waals surface area contributed by atoms with Gasteiger partial charge in [0.1, 0.15) is 5.82 Å². The van der Waals surface area contributed by atoms with Gasteiger partial charge in [-0.15, -0.1) is 0 Å². The molecule has 2 aromatic rings. The van der Waals surface area contributed by atoms with Crippen LogP contribution in [0.1, 0.15) is 30.4 Å². The SMILES string of the molecule is CN=C(NCc1ccc(F)cc1)NCc1ccc(N2CCCCC2=O)cc1. The minimum Gasteiger partial charge on any atom is -0.352 e. The van der Waals surface area contributed by atoms with E-state index in [4.69, 9.17) is 0 Å². The van der Waals surface area contributed by atoms with Gasteiger partial charge in [-0.3, -0.25) is 9.79 Å². The maximum Gasteiger partial charge on any atom is 0.226 e. The zero-order valence-corrected chi connectivity index (χ0v) is 15.5. The number of guanidine groups is 1. The molecule has 142 valence electrons. The molecule has 6 heteroatoms. The number of nitrogens with zero attached hydrogens (tertiary/aromatic N) is 2. The third-order valence-electron chi connectivity index (χ3n) is 4.63. The molecule has 1 amide bonds. The van der Waals surface area contributed by atoms with E-state index in [0.717, 1.165) is 36.2 Å². The molecule has 1 heterocycles. The van der Waals surface area contributed by atoms with Crippen molar-refractivity contribution in [3.63, 3.8) is 0 Å². The lowest BCUT2D eigenvalue weighted by Gasteiger charge is -2.26. The normalized spacial score (nSPS) is 15.0. The largest absolute Gasteiger partial charge is 0.352 e. The van der Waals surface area contributed by atoms with E-state index >= 15 is 0 Å². The molecule has 0 atom stereocenters. The Kier molecular flexibility index (Phi) is 6.41. The Bertz CT molecular complexity index is 787. The van der Waals surface area contributed by atoms with Crippen molar-refractivity contribution in [2.24, 2.45) is 4.99 Å². The number of anilines is 1. The van der Waals surface area contributed by atoms with E-state index in [1.165, 1.54) is 12.1 Å². The quantitative estimate of drug-likeness (QED) is 0.629. The van der Waals surface area contributed by atoms with Gasteiger partial charge in [-0.1, -0.05) is 24.3 Å². The minimum absolute atomic E-state index is 0.206. The summed E-state index contributed by atoms with van der Waals surface area (Å²) in [5.74, 6) is 0.642. The van der Waals surface area contributed by atoms with Crippen molar-refractivity contribution in [2.75, 3.05) is 18.5 Å². The molecule has 0 spiro atoms. The van der Waals surface area contributed by atoms with E-state index in [9.17, 15) is 9.18 Å². The number of hydrogen-bond donors (Lipinski definition) is 2. The molecule has 0 saturated carbocycles. The summed E-state index contributed by atoms with van der Waals surface area (Å²) < 4.78 is 13.0. The third-order valence-corrected chi connectivity index (χ3v) is 4.63. The Morgan fingerprint density at radius 3 is 2.15 bits per heavy atom. The maximum absolute atomic E-state index is 13.0. The Balaban J connectivity index is 1.50. The van der Waals surface area contributed by atoms with Crippen LogP contribution < -0.4 is 15.5 Å². The molecule has 0 radical (unpaired) electrons. The average Bonchev–Trinajstić information content (AvgIpc) is 2.70. The molecule has 3 rings (SSSR count). The number of aliphatic imine (C=N–C) groups is 1. The molecule has 1 aliphatic rings. The highest BCUT2D eigenvalue weighted by Gasteiger charge is 2.19. The standard InChI is InChI=1S/C21H25FN4O/c1-23-21(24-14-16-5-9-18(22)10-6-16)25-15-17-7-11-19(12-8-17)26-13-3-2-4-20(26)27/h5-12H,2-4,13-15H2,1H3,(H2,23,24,25). The second kappa shape index (κ2) is 9.16. The van der Waals surface area contributed by atoms with E-state index in [1.807, 2.05) is 29.2 Å². The summed E-state index contributed by atoms with van der Waals surface area (Å²) in [4.78, 5) is 18.1. The molecule has 0 bridgehead atoms. The van der Waals surface area contributed by atoms with Crippen LogP contribution in [0.15, 0.2) is 53.5 Å². The van der Waals surface area contributed by atoms with Gasteiger partial charge in [-0.2, -0.15) is 0 Å². The highest BCUT2D eigenvalue weighted by atomic mass is 19.1. The average molecular weight is 368 g/mol. The zero-order valence-electron chi connectivity index (χ0n) is 15.5. The van der Waals surface area contributed by atoms with E-state index < -0.39 is 0 Å². The van der Waals surface area contributed by atoms with Crippen LogP contribution in [0.2, 0.25) is 0 Å². The van der Waals surface area contributed by atoms with Crippen molar-refractivity contribution in [1.82, 2.24) is 10.6 Å². The highest BCUT2D eigenvalue weighted by molar-refractivity contribution is 5.93. The predicted octanol–water partition coefficient (Wildman–Crippen LogP) is 3.21. The summed E-state index contributed by atoms with van der Waals surface area (Å²) in [6.07, 6.45) is 2.69. The number of carbonyl (C=O) groups excluding carboxylic acids is 1. The number of piperidine rings is 1. The molecule has 2 N–H and O–H groups in total. The van der Waals surface area contributed by atoms with E-state index in [0.29, 0.717) is 25.5 Å². The van der Waals surface area contributed by atoms with E-state index in [2.05, 4.69) is 15.6 Å². The fraction of sp³-hybridized carbons (Fsp3) is 0.333. The van der Waals surface area contributed by atoms with Gasteiger partial charge >= 0.3 is 0 Å². The Labute approximate surface area is 159 Å². The summed E-state index contributed by atoms with van der Waals surface area (Å²) in [5, 5.41) is 6.47. The van der Waals surface area contributed by atoms with Crippen LogP contribution in [0.5, 0.6) is 0 Å². The van der Waals surface area contributed by atoms with Crippen molar-refractivity contribution in [2.45, 2.75) is 32.4 Å². The fourth-order valence-corrected chi connectivity index (χ4v) is 3.07. The summed E-state index contributed by atoms with van der Waals surface area (Å²) >= 11 is 0. The molecule has 0 aliphatic carbocycles. The second-order valence-corrected chi connectivity index (χ2v) is 6.57. The molecule has 2 aromatic carbocycles. The van der Waals surface area contributed by atoms with Crippen LogP contribution in [-0.2, 0) is 17.9 Å². The molecule has 0 unspecified atom stereocenters. The lowest BCUT2D eigenvalue weighted by atomic mass is 10.1. The van der Waals surface area contributed by atoms with Gasteiger partial charge in [-0.05, 0) is 48.2 Å². The third kappa shape index (κ3) is 5.29. The van der Waals surface area contributed by atoms with Gasteiger partial charge in [0.2, 0.25) is 5.91 Å². The van der Waals surface area contributed by atoms with E-state index in [-0.39, 0.29) is 11.7 Å². The Morgan fingerprint density at radius 2 is 1.59 bits per heavy atom. The molecule has 5 nitrogen and oxygen atoms in total. The topological polar surface area (TPSA) is 56.7 Å². The molecule has 0 aromatic heterocycles. The fourth-order valence-electron chi connectivity index (χ4n) is 3.07.